The Morgan fingerprint density at radius 3 is 2.85 bits per heavy atom. The molecule has 1 aromatic carbocycles. The molecule has 2 aromatic rings. The number of para-hydroxylation sites is 1. The van der Waals surface area contributed by atoms with Crippen molar-refractivity contribution in [3.05, 3.63) is 44.4 Å². The van der Waals surface area contributed by atoms with E-state index in [1.807, 2.05) is 18.2 Å². The zero-order chi connectivity index (χ0) is 18.4. The number of aromatic amines is 1. The minimum absolute atomic E-state index is 0.0233. The summed E-state index contributed by atoms with van der Waals surface area (Å²) < 4.78 is 5.72. The number of hydrogen-bond acceptors (Lipinski definition) is 6. The number of fused-ring (bicyclic) bond motifs is 6. The molecule has 2 fully saturated rings. The Kier molecular flexibility index (Phi) is 3.11. The van der Waals surface area contributed by atoms with Gasteiger partial charge >= 0.3 is 16.8 Å². The lowest BCUT2D eigenvalue weighted by molar-refractivity contribution is -0.156. The molecule has 2 N–H and O–H groups in total. The predicted molar refractivity (Wildman–Crippen MR) is 98.2 cm³/mol. The zero-order valence-electron chi connectivity index (χ0n) is 14.0. The number of rotatable bonds is 1. The Hall–Kier alpha value is -2.06. The van der Waals surface area contributed by atoms with Gasteiger partial charge in [0.2, 0.25) is 0 Å². The lowest BCUT2D eigenvalue weighted by atomic mass is 9.66. The van der Waals surface area contributed by atoms with Crippen molar-refractivity contribution in [1.82, 2.24) is 4.98 Å². The Morgan fingerprint density at radius 2 is 2.04 bits per heavy atom. The van der Waals surface area contributed by atoms with E-state index in [-0.39, 0.29) is 33.8 Å². The van der Waals surface area contributed by atoms with Crippen molar-refractivity contribution >= 4 is 35.0 Å². The van der Waals surface area contributed by atoms with E-state index in [0.29, 0.717) is 5.75 Å². The van der Waals surface area contributed by atoms with Gasteiger partial charge in [-0.05, 0) is 30.2 Å². The van der Waals surface area contributed by atoms with Gasteiger partial charge in [0.15, 0.2) is 0 Å². The molecule has 0 saturated heterocycles. The Morgan fingerprint density at radius 1 is 1.22 bits per heavy atom. The van der Waals surface area contributed by atoms with Crippen molar-refractivity contribution in [2.45, 2.75) is 22.6 Å². The number of hydrogen-bond donors (Lipinski definition) is 2. The molecule has 0 unspecified atom stereocenters. The highest BCUT2D eigenvalue weighted by Crippen LogP contribution is 2.68. The molecule has 3 heterocycles. The van der Waals surface area contributed by atoms with Gasteiger partial charge in [0.1, 0.15) is 5.75 Å². The number of thiazole rings is 1. The summed E-state index contributed by atoms with van der Waals surface area (Å²) in [5.74, 6) is -2.16. The first kappa shape index (κ1) is 15.9. The van der Waals surface area contributed by atoms with Gasteiger partial charge < -0.3 is 14.8 Å². The van der Waals surface area contributed by atoms with E-state index in [2.05, 4.69) is 4.98 Å². The highest BCUT2D eigenvalue weighted by Gasteiger charge is 2.67. The molecule has 2 saturated carbocycles. The topological polar surface area (TPSA) is 96.5 Å². The van der Waals surface area contributed by atoms with Gasteiger partial charge in [0.05, 0.1) is 16.9 Å². The van der Waals surface area contributed by atoms with Crippen molar-refractivity contribution in [2.75, 3.05) is 0 Å². The van der Waals surface area contributed by atoms with Gasteiger partial charge in [-0.1, -0.05) is 29.5 Å². The molecular weight excluding hydrogens is 386 g/mol. The molecule has 6 rings (SSSR count). The van der Waals surface area contributed by atoms with E-state index in [1.54, 1.807) is 17.8 Å². The molecule has 7 atom stereocenters. The van der Waals surface area contributed by atoms with Crippen LogP contribution in [0.3, 0.4) is 0 Å². The summed E-state index contributed by atoms with van der Waals surface area (Å²) in [6, 6.07) is 7.47. The van der Waals surface area contributed by atoms with Gasteiger partial charge in [-0.15, -0.1) is 11.8 Å². The van der Waals surface area contributed by atoms with Crippen LogP contribution in [0.15, 0.2) is 34.1 Å². The van der Waals surface area contributed by atoms with E-state index in [4.69, 9.17) is 4.74 Å². The molecule has 8 heteroatoms. The highest BCUT2D eigenvalue weighted by atomic mass is 32.2. The van der Waals surface area contributed by atoms with E-state index in [1.165, 1.54) is 11.3 Å². The van der Waals surface area contributed by atoms with Crippen LogP contribution in [0.2, 0.25) is 0 Å². The third-order valence-corrected chi connectivity index (χ3v) is 9.32. The third-order valence-electron chi connectivity index (χ3n) is 6.73. The molecule has 2 aliphatic heterocycles. The summed E-state index contributed by atoms with van der Waals surface area (Å²) >= 11 is 2.83. The molecule has 27 heavy (non-hydrogen) atoms. The van der Waals surface area contributed by atoms with Crippen LogP contribution in [0.25, 0.3) is 0 Å². The number of H-pyrrole nitrogens is 1. The summed E-state index contributed by atoms with van der Waals surface area (Å²) in [7, 11) is 0. The molecule has 2 bridgehead atoms. The zero-order valence-corrected chi connectivity index (χ0v) is 15.6. The van der Waals surface area contributed by atoms with Crippen LogP contribution in [0.4, 0.5) is 0 Å². The molecule has 138 valence electrons. The van der Waals surface area contributed by atoms with Crippen molar-refractivity contribution in [2.24, 2.45) is 29.6 Å². The number of aromatic nitrogens is 1. The quantitative estimate of drug-likeness (QED) is 0.563. The first-order valence-corrected chi connectivity index (χ1v) is 10.7. The lowest BCUT2D eigenvalue weighted by Gasteiger charge is -2.45. The summed E-state index contributed by atoms with van der Waals surface area (Å²) in [5.41, 5.74) is 0.926. The SMILES string of the molecule is O=C(O)[C@@H]1[C@H]2C[C@H]3[C@@H]1C(=O)Oc1ccccc1[C@@H]1c4sc(=O)[nH]c4S[C@@H]2[C@@H]13. The highest BCUT2D eigenvalue weighted by molar-refractivity contribution is 8.00. The Bertz CT molecular complexity index is 1060. The average Bonchev–Trinajstić information content (AvgIpc) is 3.29. The maximum absolute atomic E-state index is 12.9. The fourth-order valence-corrected chi connectivity index (χ4v) is 8.83. The summed E-state index contributed by atoms with van der Waals surface area (Å²) in [6.45, 7) is 0. The summed E-state index contributed by atoms with van der Waals surface area (Å²) in [6.07, 6.45) is 0.733. The minimum atomic E-state index is -0.918. The molecule has 0 spiro atoms. The number of carboxylic acids is 1. The molecule has 0 radical (unpaired) electrons. The Labute approximate surface area is 161 Å². The van der Waals surface area contributed by atoms with E-state index < -0.39 is 23.8 Å². The number of benzene rings is 1. The van der Waals surface area contributed by atoms with Gasteiger partial charge in [0.25, 0.3) is 0 Å². The fourth-order valence-electron chi connectivity index (χ4n) is 5.95. The van der Waals surface area contributed by atoms with Crippen LogP contribution in [-0.4, -0.2) is 27.3 Å². The van der Waals surface area contributed by atoms with Crippen LogP contribution in [-0.2, 0) is 9.59 Å². The molecule has 2 aliphatic carbocycles. The second kappa shape index (κ2) is 5.26. The molecule has 0 amide bonds. The maximum atomic E-state index is 12.9. The minimum Gasteiger partial charge on any atom is -0.481 e. The van der Waals surface area contributed by atoms with Crippen LogP contribution in [0.1, 0.15) is 22.8 Å². The second-order valence-corrected chi connectivity index (χ2v) is 9.96. The van der Waals surface area contributed by atoms with E-state index >= 15 is 0 Å². The van der Waals surface area contributed by atoms with Crippen LogP contribution in [0.5, 0.6) is 5.75 Å². The van der Waals surface area contributed by atoms with Crippen molar-refractivity contribution in [1.29, 1.82) is 0 Å². The number of ether oxygens (including phenoxy) is 1. The van der Waals surface area contributed by atoms with Crippen LogP contribution < -0.4 is 9.61 Å². The predicted octanol–water partition coefficient (Wildman–Crippen LogP) is 2.54. The van der Waals surface area contributed by atoms with Crippen molar-refractivity contribution < 1.29 is 19.4 Å². The van der Waals surface area contributed by atoms with Gasteiger partial charge in [0, 0.05) is 21.6 Å². The first-order chi connectivity index (χ1) is 13.0. The molecule has 1 aromatic heterocycles. The monoisotopic (exact) mass is 401 g/mol. The smallest absolute Gasteiger partial charge is 0.315 e. The maximum Gasteiger partial charge on any atom is 0.315 e. The number of nitrogens with one attached hydrogen (secondary N) is 1. The van der Waals surface area contributed by atoms with E-state index in [0.717, 1.165) is 21.9 Å². The number of carbonyl (C=O) groups excluding carboxylic acids is 1. The van der Waals surface area contributed by atoms with Crippen LogP contribution >= 0.6 is 23.1 Å². The van der Waals surface area contributed by atoms with Crippen molar-refractivity contribution in [3.63, 3.8) is 0 Å². The first-order valence-electron chi connectivity index (χ1n) is 8.97. The third kappa shape index (κ3) is 1.95. The molecular formula is C19H15NO5S2. The number of esters is 1. The molecule has 4 aliphatic rings. The second-order valence-electron chi connectivity index (χ2n) is 7.76. The molecule has 6 nitrogen and oxygen atoms in total. The fraction of sp³-hybridized carbons (Fsp3) is 0.421. The van der Waals surface area contributed by atoms with E-state index in [9.17, 15) is 19.5 Å². The van der Waals surface area contributed by atoms with Gasteiger partial charge in [-0.3, -0.25) is 14.4 Å². The van der Waals surface area contributed by atoms with Crippen molar-refractivity contribution in [3.8, 4) is 5.75 Å². The van der Waals surface area contributed by atoms with Gasteiger partial charge in [-0.2, -0.15) is 0 Å². The average molecular weight is 401 g/mol. The van der Waals surface area contributed by atoms with Gasteiger partial charge in [-0.25, -0.2) is 0 Å². The number of aliphatic carboxylic acids is 1. The largest absolute Gasteiger partial charge is 0.481 e. The lowest BCUT2D eigenvalue weighted by Crippen LogP contribution is -2.49. The van der Waals surface area contributed by atoms with Crippen LogP contribution in [0, 0.1) is 29.6 Å². The number of carbonyl (C=O) groups is 2. The summed E-state index contributed by atoms with van der Waals surface area (Å²) in [5, 5.41) is 10.8. The number of carboxylic acid groups (broad SMARTS) is 1. The normalized spacial score (nSPS) is 37.8. The standard InChI is InChI=1S/C19H15NO5S2/c21-17(22)12-8-5-7-11-10(15-16(26-14(8)11)20-19(24)27-15)6-3-1-2-4-9(6)25-18(23)13(7)12/h1-4,7-8,10-14H,5H2,(H,20,24)(H,21,22)/t7-,8-,10+,11-,12-,13+,14+/m1/s1. The Balaban J connectivity index is 1.64. The summed E-state index contributed by atoms with van der Waals surface area (Å²) in [4.78, 5) is 40.9. The number of thioether (sulfide) groups is 1.